The number of carbonyl (C=O) groups is 1. The number of hydrogen-bond donors (Lipinski definition) is 2. The molecule has 0 aliphatic heterocycles. The molecule has 0 amide bonds. The summed E-state index contributed by atoms with van der Waals surface area (Å²) in [4.78, 5) is 19.5. The summed E-state index contributed by atoms with van der Waals surface area (Å²) in [5, 5.41) is 7.21. The van der Waals surface area contributed by atoms with E-state index in [9.17, 15) is 4.79 Å². The van der Waals surface area contributed by atoms with Crippen molar-refractivity contribution in [2.45, 2.75) is 20.8 Å². The molecule has 6 nitrogen and oxygen atoms in total. The zero-order valence-electron chi connectivity index (χ0n) is 14.8. The van der Waals surface area contributed by atoms with Crippen molar-refractivity contribution in [3.05, 3.63) is 57.3 Å². The number of aromatic amines is 2. The first-order valence-electron chi connectivity index (χ1n) is 8.21. The molecule has 0 bridgehead atoms. The summed E-state index contributed by atoms with van der Waals surface area (Å²) in [6.45, 7) is 5.89. The molecule has 0 unspecified atom stereocenters. The van der Waals surface area contributed by atoms with Gasteiger partial charge in [0.1, 0.15) is 5.69 Å². The standard InChI is InChI=1S/C19H19BrN4O2/c1-4-26-19(25)18-11(2)15(12(3)22-18)10-21-17-9-16(23-24-17)13-5-7-14(20)8-6-13/h5-10,22H,4H2,1-3H3,(H,23,24). The number of aromatic nitrogens is 3. The molecule has 3 aromatic rings. The first-order valence-corrected chi connectivity index (χ1v) is 9.00. The topological polar surface area (TPSA) is 83.1 Å². The minimum Gasteiger partial charge on any atom is -0.461 e. The lowest BCUT2D eigenvalue weighted by Gasteiger charge is -2.00. The van der Waals surface area contributed by atoms with Crippen molar-refractivity contribution in [2.75, 3.05) is 6.61 Å². The monoisotopic (exact) mass is 414 g/mol. The number of nitrogens with one attached hydrogen (secondary N) is 2. The number of nitrogens with zero attached hydrogens (tertiary/aromatic N) is 2. The van der Waals surface area contributed by atoms with Crippen LogP contribution in [0.2, 0.25) is 0 Å². The van der Waals surface area contributed by atoms with Crippen molar-refractivity contribution in [2.24, 2.45) is 4.99 Å². The predicted octanol–water partition coefficient (Wildman–Crippen LogP) is 4.71. The highest BCUT2D eigenvalue weighted by molar-refractivity contribution is 9.10. The SMILES string of the molecule is CCOC(=O)c1[nH]c(C)c(C=Nc2cc(-c3ccc(Br)cc3)[nH]n2)c1C. The second kappa shape index (κ2) is 7.70. The van der Waals surface area contributed by atoms with Crippen LogP contribution in [0.4, 0.5) is 5.82 Å². The summed E-state index contributed by atoms with van der Waals surface area (Å²) >= 11 is 3.42. The Morgan fingerprint density at radius 3 is 2.73 bits per heavy atom. The third kappa shape index (κ3) is 3.77. The van der Waals surface area contributed by atoms with Crippen molar-refractivity contribution in [3.63, 3.8) is 0 Å². The van der Waals surface area contributed by atoms with Crippen molar-refractivity contribution in [1.29, 1.82) is 0 Å². The van der Waals surface area contributed by atoms with E-state index in [1.165, 1.54) is 0 Å². The maximum Gasteiger partial charge on any atom is 0.355 e. The lowest BCUT2D eigenvalue weighted by Crippen LogP contribution is -2.06. The fourth-order valence-corrected chi connectivity index (χ4v) is 2.92. The van der Waals surface area contributed by atoms with Gasteiger partial charge < -0.3 is 9.72 Å². The zero-order valence-corrected chi connectivity index (χ0v) is 16.3. The van der Waals surface area contributed by atoms with E-state index in [-0.39, 0.29) is 5.97 Å². The Morgan fingerprint density at radius 2 is 2.04 bits per heavy atom. The molecular formula is C19H19BrN4O2. The number of aryl methyl sites for hydroxylation is 1. The summed E-state index contributed by atoms with van der Waals surface area (Å²) in [5.41, 5.74) is 4.91. The molecule has 2 heterocycles. The number of aliphatic imine (C=N–C) groups is 1. The number of esters is 1. The van der Waals surface area contributed by atoms with Gasteiger partial charge in [0.15, 0.2) is 5.82 Å². The van der Waals surface area contributed by atoms with Crippen LogP contribution in [0.15, 0.2) is 39.8 Å². The molecule has 0 saturated heterocycles. The molecule has 3 rings (SSSR count). The first-order chi connectivity index (χ1) is 12.5. The largest absolute Gasteiger partial charge is 0.461 e. The average Bonchev–Trinajstić information content (AvgIpc) is 3.19. The normalized spacial score (nSPS) is 11.2. The number of H-pyrrole nitrogens is 2. The molecule has 0 fully saturated rings. The average molecular weight is 415 g/mol. The fraction of sp³-hybridized carbons (Fsp3) is 0.211. The lowest BCUT2D eigenvalue weighted by atomic mass is 10.1. The highest BCUT2D eigenvalue weighted by atomic mass is 79.9. The number of rotatable bonds is 5. The minimum atomic E-state index is -0.356. The summed E-state index contributed by atoms with van der Waals surface area (Å²) < 4.78 is 6.09. The van der Waals surface area contributed by atoms with Crippen LogP contribution in [0.1, 0.15) is 34.2 Å². The van der Waals surface area contributed by atoms with Crippen molar-refractivity contribution in [3.8, 4) is 11.3 Å². The molecule has 0 atom stereocenters. The van der Waals surface area contributed by atoms with Gasteiger partial charge in [-0.3, -0.25) is 5.10 Å². The van der Waals surface area contributed by atoms with E-state index in [2.05, 4.69) is 36.1 Å². The maximum absolute atomic E-state index is 12.0. The van der Waals surface area contributed by atoms with Gasteiger partial charge in [0.2, 0.25) is 0 Å². The molecule has 1 aromatic carbocycles. The predicted molar refractivity (Wildman–Crippen MR) is 105 cm³/mol. The molecular weight excluding hydrogens is 396 g/mol. The van der Waals surface area contributed by atoms with Crippen LogP contribution in [0.25, 0.3) is 11.3 Å². The van der Waals surface area contributed by atoms with Gasteiger partial charge in [-0.1, -0.05) is 28.1 Å². The number of hydrogen-bond acceptors (Lipinski definition) is 4. The van der Waals surface area contributed by atoms with Crippen molar-refractivity contribution in [1.82, 2.24) is 15.2 Å². The van der Waals surface area contributed by atoms with Gasteiger partial charge in [0.25, 0.3) is 0 Å². The minimum absolute atomic E-state index is 0.339. The Hall–Kier alpha value is -2.67. The Bertz CT molecular complexity index is 955. The Balaban J connectivity index is 1.83. The van der Waals surface area contributed by atoms with Crippen LogP contribution in [0.3, 0.4) is 0 Å². The molecule has 0 saturated carbocycles. The number of carbonyl (C=O) groups excluding carboxylic acids is 1. The van der Waals surface area contributed by atoms with E-state index in [0.29, 0.717) is 18.1 Å². The maximum atomic E-state index is 12.0. The summed E-state index contributed by atoms with van der Waals surface area (Å²) in [7, 11) is 0. The third-order valence-corrected chi connectivity index (χ3v) is 4.55. The molecule has 0 radical (unpaired) electrons. The highest BCUT2D eigenvalue weighted by Crippen LogP contribution is 2.23. The zero-order chi connectivity index (χ0) is 18.7. The van der Waals surface area contributed by atoms with Crippen LogP contribution in [-0.2, 0) is 4.74 Å². The number of benzene rings is 1. The molecule has 0 aliphatic rings. The summed E-state index contributed by atoms with van der Waals surface area (Å²) in [6, 6.07) is 9.82. The van der Waals surface area contributed by atoms with Crippen molar-refractivity contribution < 1.29 is 9.53 Å². The summed E-state index contributed by atoms with van der Waals surface area (Å²) in [5.74, 6) is 0.214. The van der Waals surface area contributed by atoms with Crippen molar-refractivity contribution >= 4 is 33.9 Å². The van der Waals surface area contributed by atoms with E-state index in [1.54, 1.807) is 13.1 Å². The van der Waals surface area contributed by atoms with E-state index in [0.717, 1.165) is 32.6 Å². The van der Waals surface area contributed by atoms with Crippen LogP contribution in [0.5, 0.6) is 0 Å². The second-order valence-electron chi connectivity index (χ2n) is 5.79. The van der Waals surface area contributed by atoms with Gasteiger partial charge in [0.05, 0.1) is 12.3 Å². The molecule has 134 valence electrons. The van der Waals surface area contributed by atoms with Crippen LogP contribution < -0.4 is 0 Å². The van der Waals surface area contributed by atoms with E-state index in [1.807, 2.05) is 44.2 Å². The number of halogens is 1. The molecule has 0 aliphatic carbocycles. The Morgan fingerprint density at radius 1 is 1.31 bits per heavy atom. The van der Waals surface area contributed by atoms with Gasteiger partial charge in [-0.15, -0.1) is 0 Å². The highest BCUT2D eigenvalue weighted by Gasteiger charge is 2.17. The fourth-order valence-electron chi connectivity index (χ4n) is 2.65. The van der Waals surface area contributed by atoms with Crippen LogP contribution in [-0.4, -0.2) is 34.0 Å². The van der Waals surface area contributed by atoms with Gasteiger partial charge in [0, 0.05) is 28.0 Å². The summed E-state index contributed by atoms with van der Waals surface area (Å²) in [6.07, 6.45) is 1.71. The van der Waals surface area contributed by atoms with E-state index >= 15 is 0 Å². The first kappa shape index (κ1) is 18.1. The number of ether oxygens (including phenoxy) is 1. The Kier molecular flexibility index (Phi) is 5.37. The van der Waals surface area contributed by atoms with E-state index < -0.39 is 0 Å². The van der Waals surface area contributed by atoms with Gasteiger partial charge >= 0.3 is 5.97 Å². The quantitative estimate of drug-likeness (QED) is 0.468. The smallest absolute Gasteiger partial charge is 0.355 e. The Labute approximate surface area is 159 Å². The molecule has 0 spiro atoms. The van der Waals surface area contributed by atoms with Gasteiger partial charge in [-0.2, -0.15) is 5.10 Å². The molecule has 7 heteroatoms. The van der Waals surface area contributed by atoms with Gasteiger partial charge in [-0.05, 0) is 44.0 Å². The van der Waals surface area contributed by atoms with E-state index in [4.69, 9.17) is 4.74 Å². The van der Waals surface area contributed by atoms with Gasteiger partial charge in [-0.25, -0.2) is 9.79 Å². The molecule has 2 aromatic heterocycles. The lowest BCUT2D eigenvalue weighted by molar-refractivity contribution is 0.0519. The van der Waals surface area contributed by atoms with Crippen LogP contribution >= 0.6 is 15.9 Å². The molecule has 26 heavy (non-hydrogen) atoms. The third-order valence-electron chi connectivity index (χ3n) is 4.02. The molecule has 2 N–H and O–H groups in total. The van der Waals surface area contributed by atoms with Crippen LogP contribution in [0, 0.1) is 13.8 Å². The second-order valence-corrected chi connectivity index (χ2v) is 6.70.